The second-order valence-electron chi connectivity index (χ2n) is 5.00. The molecule has 0 unspecified atom stereocenters. The zero-order chi connectivity index (χ0) is 12.5. The first-order chi connectivity index (χ1) is 8.75. The van der Waals surface area contributed by atoms with Crippen LogP contribution in [-0.2, 0) is 6.54 Å². The molecule has 0 aliphatic carbocycles. The van der Waals surface area contributed by atoms with Gasteiger partial charge in [-0.15, -0.1) is 0 Å². The summed E-state index contributed by atoms with van der Waals surface area (Å²) in [5.74, 6) is 0. The molecular weight excluding hydrogens is 222 g/mol. The highest BCUT2D eigenvalue weighted by Gasteiger charge is 2.20. The van der Waals surface area contributed by atoms with Gasteiger partial charge in [-0.3, -0.25) is 0 Å². The Bertz CT molecular complexity index is 525. The van der Waals surface area contributed by atoms with Crippen molar-refractivity contribution in [3.63, 3.8) is 0 Å². The Morgan fingerprint density at radius 2 is 1.94 bits per heavy atom. The molecule has 94 valence electrons. The molecule has 3 nitrogen and oxygen atoms in total. The average Bonchev–Trinajstić information content (AvgIpc) is 2.87. The van der Waals surface area contributed by atoms with Crippen molar-refractivity contribution in [1.82, 2.24) is 9.88 Å². The smallest absolute Gasteiger partial charge is 0.0731 e. The van der Waals surface area contributed by atoms with Crippen molar-refractivity contribution in [2.45, 2.75) is 12.6 Å². The van der Waals surface area contributed by atoms with Gasteiger partial charge >= 0.3 is 0 Å². The third kappa shape index (κ3) is 1.91. The van der Waals surface area contributed by atoms with E-state index in [-0.39, 0.29) is 0 Å². The van der Waals surface area contributed by atoms with E-state index in [9.17, 15) is 0 Å². The largest absolute Gasteiger partial charge is 0.378 e. The van der Waals surface area contributed by atoms with Gasteiger partial charge in [0.25, 0.3) is 0 Å². The Labute approximate surface area is 108 Å². The lowest BCUT2D eigenvalue weighted by Gasteiger charge is -2.27. The summed E-state index contributed by atoms with van der Waals surface area (Å²) in [7, 11) is 4.14. The maximum absolute atomic E-state index is 3.59. The highest BCUT2D eigenvalue weighted by atomic mass is 15.1. The minimum atomic E-state index is 0.324. The Hall–Kier alpha value is -1.74. The molecule has 2 heterocycles. The summed E-state index contributed by atoms with van der Waals surface area (Å²) in [6, 6.07) is 13.5. The van der Waals surface area contributed by atoms with Crippen molar-refractivity contribution in [3.8, 4) is 0 Å². The van der Waals surface area contributed by atoms with Crippen molar-refractivity contribution < 1.29 is 0 Å². The third-order valence-electron chi connectivity index (χ3n) is 3.60. The van der Waals surface area contributed by atoms with E-state index in [0.29, 0.717) is 6.04 Å². The fourth-order valence-corrected chi connectivity index (χ4v) is 2.58. The quantitative estimate of drug-likeness (QED) is 0.870. The molecule has 18 heavy (non-hydrogen) atoms. The van der Waals surface area contributed by atoms with E-state index < -0.39 is 0 Å². The SMILES string of the molecule is CN(C)c1ccc([C@H]2NCCn3cccc32)cc1. The molecule has 0 amide bonds. The van der Waals surface area contributed by atoms with E-state index in [1.54, 1.807) is 0 Å². The molecule has 1 aliphatic rings. The van der Waals surface area contributed by atoms with Gasteiger partial charge in [0.1, 0.15) is 0 Å². The minimum absolute atomic E-state index is 0.324. The lowest BCUT2D eigenvalue weighted by Crippen LogP contribution is -2.33. The summed E-state index contributed by atoms with van der Waals surface area (Å²) in [4.78, 5) is 2.13. The summed E-state index contributed by atoms with van der Waals surface area (Å²) < 4.78 is 2.33. The zero-order valence-corrected chi connectivity index (χ0v) is 10.9. The van der Waals surface area contributed by atoms with Gasteiger partial charge in [-0.05, 0) is 29.8 Å². The van der Waals surface area contributed by atoms with E-state index in [1.807, 2.05) is 0 Å². The van der Waals surface area contributed by atoms with Gasteiger partial charge in [-0.25, -0.2) is 0 Å². The van der Waals surface area contributed by atoms with E-state index in [0.717, 1.165) is 13.1 Å². The Balaban J connectivity index is 1.92. The van der Waals surface area contributed by atoms with Crippen LogP contribution < -0.4 is 10.2 Å². The van der Waals surface area contributed by atoms with Gasteiger partial charge in [-0.2, -0.15) is 0 Å². The summed E-state index contributed by atoms with van der Waals surface area (Å²) in [5, 5.41) is 3.59. The van der Waals surface area contributed by atoms with Crippen LogP contribution in [-0.4, -0.2) is 25.2 Å². The van der Waals surface area contributed by atoms with Gasteiger partial charge in [-0.1, -0.05) is 12.1 Å². The average molecular weight is 241 g/mol. The molecule has 0 saturated carbocycles. The molecule has 0 saturated heterocycles. The molecule has 0 spiro atoms. The summed E-state index contributed by atoms with van der Waals surface area (Å²) in [6.45, 7) is 2.09. The molecule has 1 aromatic carbocycles. The molecule has 0 radical (unpaired) electrons. The Kier molecular flexibility index (Phi) is 2.84. The number of rotatable bonds is 2. The summed E-state index contributed by atoms with van der Waals surface area (Å²) in [5.41, 5.74) is 3.93. The first-order valence-corrected chi connectivity index (χ1v) is 6.41. The first-order valence-electron chi connectivity index (χ1n) is 6.41. The number of hydrogen-bond donors (Lipinski definition) is 1. The topological polar surface area (TPSA) is 20.2 Å². The lowest BCUT2D eigenvalue weighted by atomic mass is 10.0. The van der Waals surface area contributed by atoms with Crippen LogP contribution in [0.3, 0.4) is 0 Å². The van der Waals surface area contributed by atoms with Crippen LogP contribution >= 0.6 is 0 Å². The fourth-order valence-electron chi connectivity index (χ4n) is 2.58. The van der Waals surface area contributed by atoms with Crippen molar-refractivity contribution in [1.29, 1.82) is 0 Å². The fraction of sp³-hybridized carbons (Fsp3) is 0.333. The van der Waals surface area contributed by atoms with E-state index >= 15 is 0 Å². The number of anilines is 1. The zero-order valence-electron chi connectivity index (χ0n) is 10.9. The van der Waals surface area contributed by atoms with E-state index in [2.05, 4.69) is 71.5 Å². The monoisotopic (exact) mass is 241 g/mol. The van der Waals surface area contributed by atoms with Crippen LogP contribution in [0, 0.1) is 0 Å². The number of nitrogens with one attached hydrogen (secondary N) is 1. The van der Waals surface area contributed by atoms with Gasteiger partial charge in [0.15, 0.2) is 0 Å². The maximum atomic E-state index is 3.59. The first kappa shape index (κ1) is 11.4. The lowest BCUT2D eigenvalue weighted by molar-refractivity contribution is 0.467. The Morgan fingerprint density at radius 3 is 2.67 bits per heavy atom. The highest BCUT2D eigenvalue weighted by molar-refractivity contribution is 5.47. The molecule has 2 aromatic rings. The van der Waals surface area contributed by atoms with Crippen LogP contribution in [0.1, 0.15) is 17.3 Å². The summed E-state index contributed by atoms with van der Waals surface area (Å²) >= 11 is 0. The van der Waals surface area contributed by atoms with E-state index in [4.69, 9.17) is 0 Å². The minimum Gasteiger partial charge on any atom is -0.378 e. The van der Waals surface area contributed by atoms with Crippen molar-refractivity contribution >= 4 is 5.69 Å². The molecule has 0 bridgehead atoms. The molecule has 1 atom stereocenters. The maximum Gasteiger partial charge on any atom is 0.0731 e. The second kappa shape index (κ2) is 4.50. The highest BCUT2D eigenvalue weighted by Crippen LogP contribution is 2.26. The molecule has 1 N–H and O–H groups in total. The molecule has 3 rings (SSSR count). The molecule has 1 aliphatic heterocycles. The van der Waals surface area contributed by atoms with Crippen LogP contribution in [0.2, 0.25) is 0 Å². The standard InChI is InChI=1S/C15H19N3/c1-17(2)13-7-5-12(6-8-13)15-14-4-3-10-18(14)11-9-16-15/h3-8,10,15-16H,9,11H2,1-2H3/t15-/m1/s1. The second-order valence-corrected chi connectivity index (χ2v) is 5.00. The third-order valence-corrected chi connectivity index (χ3v) is 3.60. The van der Waals surface area contributed by atoms with E-state index in [1.165, 1.54) is 16.9 Å². The van der Waals surface area contributed by atoms with Gasteiger partial charge in [0.05, 0.1) is 6.04 Å². The normalized spacial score (nSPS) is 18.4. The van der Waals surface area contributed by atoms with Crippen LogP contribution in [0.15, 0.2) is 42.6 Å². The van der Waals surface area contributed by atoms with Crippen LogP contribution in [0.4, 0.5) is 5.69 Å². The number of benzene rings is 1. The van der Waals surface area contributed by atoms with Crippen molar-refractivity contribution in [3.05, 3.63) is 53.9 Å². The Morgan fingerprint density at radius 1 is 1.17 bits per heavy atom. The van der Waals surface area contributed by atoms with Crippen LogP contribution in [0.25, 0.3) is 0 Å². The van der Waals surface area contributed by atoms with Crippen molar-refractivity contribution in [2.24, 2.45) is 0 Å². The summed E-state index contributed by atoms with van der Waals surface area (Å²) in [6.07, 6.45) is 2.16. The number of nitrogens with zero attached hydrogens (tertiary/aromatic N) is 2. The number of aromatic nitrogens is 1. The molecule has 0 fully saturated rings. The molecule has 3 heteroatoms. The van der Waals surface area contributed by atoms with Crippen molar-refractivity contribution in [2.75, 3.05) is 25.5 Å². The van der Waals surface area contributed by atoms with Gasteiger partial charge < -0.3 is 14.8 Å². The van der Waals surface area contributed by atoms with Gasteiger partial charge in [0.2, 0.25) is 0 Å². The van der Waals surface area contributed by atoms with Crippen LogP contribution in [0.5, 0.6) is 0 Å². The number of hydrogen-bond acceptors (Lipinski definition) is 2. The molecule has 1 aromatic heterocycles. The van der Waals surface area contributed by atoms with Gasteiger partial charge in [0, 0.05) is 44.8 Å². The predicted molar refractivity (Wildman–Crippen MR) is 75.0 cm³/mol. The number of fused-ring (bicyclic) bond motifs is 1. The molecular formula is C15H19N3. The predicted octanol–water partition coefficient (Wildman–Crippen LogP) is 2.25.